The van der Waals surface area contributed by atoms with Crippen LogP contribution in [0.15, 0.2) is 64.1 Å². The van der Waals surface area contributed by atoms with E-state index < -0.39 is 0 Å². The summed E-state index contributed by atoms with van der Waals surface area (Å²) in [6, 6.07) is 19.5. The van der Waals surface area contributed by atoms with Crippen LogP contribution in [0.4, 0.5) is 5.69 Å². The summed E-state index contributed by atoms with van der Waals surface area (Å²) in [5, 5.41) is 2.54. The fourth-order valence-corrected chi connectivity index (χ4v) is 3.96. The number of hydrogen-bond donors (Lipinski definition) is 1. The number of aromatic nitrogens is 1. The minimum Gasteiger partial charge on any atom is -0.354 e. The molecular formula is C27H29BrN2. The molecule has 0 atom stereocenters. The lowest BCUT2D eigenvalue weighted by atomic mass is 9.84. The molecule has 0 fully saturated rings. The summed E-state index contributed by atoms with van der Waals surface area (Å²) in [4.78, 5) is 8.40. The predicted molar refractivity (Wildman–Crippen MR) is 135 cm³/mol. The van der Waals surface area contributed by atoms with E-state index in [0.717, 1.165) is 21.2 Å². The van der Waals surface area contributed by atoms with Crippen LogP contribution in [0.3, 0.4) is 0 Å². The summed E-state index contributed by atoms with van der Waals surface area (Å²) < 4.78 is 1.06. The average molecular weight is 461 g/mol. The molecule has 0 bridgehead atoms. The number of aromatic amines is 1. The zero-order valence-electron chi connectivity index (χ0n) is 18.6. The number of fused-ring (bicyclic) bond motifs is 3. The molecule has 0 amide bonds. The standard InChI is InChI=1S/C27H29BrN2/c1-26(2,3)18-7-12-24-22(14-18)23-15-19(27(4,5)6)13-17(25(23)30-24)16-29-21-10-8-20(28)9-11-21/h7-16,30H,1-6H3. The van der Waals surface area contributed by atoms with Crippen molar-refractivity contribution in [1.82, 2.24) is 4.98 Å². The minimum absolute atomic E-state index is 0.0552. The lowest BCUT2D eigenvalue weighted by Gasteiger charge is -2.20. The monoisotopic (exact) mass is 460 g/mol. The fraction of sp³-hybridized carbons (Fsp3) is 0.296. The third-order valence-electron chi connectivity index (χ3n) is 5.65. The van der Waals surface area contributed by atoms with Gasteiger partial charge in [-0.3, -0.25) is 4.99 Å². The first-order valence-electron chi connectivity index (χ1n) is 10.4. The van der Waals surface area contributed by atoms with Crippen molar-refractivity contribution in [2.75, 3.05) is 0 Å². The topological polar surface area (TPSA) is 28.1 Å². The highest BCUT2D eigenvalue weighted by Crippen LogP contribution is 2.35. The molecule has 1 heterocycles. The number of hydrogen-bond acceptors (Lipinski definition) is 1. The minimum atomic E-state index is 0.0552. The van der Waals surface area contributed by atoms with Crippen LogP contribution < -0.4 is 0 Å². The number of H-pyrrole nitrogens is 1. The van der Waals surface area contributed by atoms with E-state index in [1.54, 1.807) is 0 Å². The Labute approximate surface area is 187 Å². The zero-order valence-corrected chi connectivity index (χ0v) is 20.2. The highest BCUT2D eigenvalue weighted by atomic mass is 79.9. The van der Waals surface area contributed by atoms with E-state index in [1.807, 2.05) is 30.5 Å². The van der Waals surface area contributed by atoms with Crippen LogP contribution in [-0.2, 0) is 10.8 Å². The Bertz CT molecular complexity index is 1250. The van der Waals surface area contributed by atoms with E-state index in [4.69, 9.17) is 4.99 Å². The molecule has 154 valence electrons. The van der Waals surface area contributed by atoms with Crippen molar-refractivity contribution in [2.24, 2.45) is 4.99 Å². The number of nitrogens with one attached hydrogen (secondary N) is 1. The van der Waals surface area contributed by atoms with Crippen molar-refractivity contribution in [3.8, 4) is 0 Å². The summed E-state index contributed by atoms with van der Waals surface area (Å²) in [5.74, 6) is 0. The highest BCUT2D eigenvalue weighted by molar-refractivity contribution is 9.10. The fourth-order valence-electron chi connectivity index (χ4n) is 3.70. The van der Waals surface area contributed by atoms with Crippen LogP contribution in [0.2, 0.25) is 0 Å². The van der Waals surface area contributed by atoms with E-state index in [1.165, 1.54) is 27.4 Å². The quantitative estimate of drug-likeness (QED) is 0.290. The van der Waals surface area contributed by atoms with Crippen LogP contribution >= 0.6 is 15.9 Å². The predicted octanol–water partition coefficient (Wildman–Crippen LogP) is 8.43. The molecule has 1 aromatic heterocycles. The summed E-state index contributed by atoms with van der Waals surface area (Å²) in [6.45, 7) is 13.6. The molecule has 3 aromatic carbocycles. The number of rotatable bonds is 2. The number of aliphatic imine (C=N–C) groups is 1. The molecule has 0 aliphatic rings. The first-order valence-corrected chi connectivity index (χ1v) is 11.2. The van der Waals surface area contributed by atoms with Crippen molar-refractivity contribution in [2.45, 2.75) is 52.4 Å². The molecule has 0 unspecified atom stereocenters. The Kier molecular flexibility index (Phi) is 5.14. The van der Waals surface area contributed by atoms with Gasteiger partial charge in [0.15, 0.2) is 0 Å². The smallest absolute Gasteiger partial charge is 0.0630 e. The van der Waals surface area contributed by atoms with Crippen LogP contribution in [0, 0.1) is 0 Å². The number of benzene rings is 3. The second-order valence-corrected chi connectivity index (χ2v) is 11.0. The Morgan fingerprint density at radius 1 is 0.767 bits per heavy atom. The average Bonchev–Trinajstić information content (AvgIpc) is 3.04. The Balaban J connectivity index is 1.95. The van der Waals surface area contributed by atoms with Gasteiger partial charge in [0.2, 0.25) is 0 Å². The van der Waals surface area contributed by atoms with E-state index in [9.17, 15) is 0 Å². The lowest BCUT2D eigenvalue weighted by molar-refractivity contribution is 0.590. The molecule has 2 nitrogen and oxygen atoms in total. The third-order valence-corrected chi connectivity index (χ3v) is 6.18. The Hall–Kier alpha value is -2.39. The largest absolute Gasteiger partial charge is 0.354 e. The van der Waals surface area contributed by atoms with Gasteiger partial charge in [0.25, 0.3) is 0 Å². The first-order chi connectivity index (χ1) is 14.0. The van der Waals surface area contributed by atoms with Gasteiger partial charge in [0.1, 0.15) is 0 Å². The summed E-state index contributed by atoms with van der Waals surface area (Å²) in [6.07, 6.45) is 1.99. The molecule has 1 N–H and O–H groups in total. The zero-order chi connectivity index (χ0) is 21.7. The molecule has 0 saturated heterocycles. The molecule has 0 radical (unpaired) electrons. The molecule has 4 rings (SSSR count). The maximum absolute atomic E-state index is 4.75. The Morgan fingerprint density at radius 3 is 2.03 bits per heavy atom. The first kappa shape index (κ1) is 20.9. The molecule has 0 aliphatic carbocycles. The van der Waals surface area contributed by atoms with E-state index in [0.29, 0.717) is 0 Å². The highest BCUT2D eigenvalue weighted by Gasteiger charge is 2.19. The van der Waals surface area contributed by atoms with Crippen LogP contribution in [0.25, 0.3) is 21.8 Å². The third kappa shape index (κ3) is 4.09. The van der Waals surface area contributed by atoms with E-state index >= 15 is 0 Å². The maximum atomic E-state index is 4.75. The van der Waals surface area contributed by atoms with Gasteiger partial charge in [0, 0.05) is 32.5 Å². The van der Waals surface area contributed by atoms with Gasteiger partial charge in [-0.2, -0.15) is 0 Å². The van der Waals surface area contributed by atoms with Crippen LogP contribution in [0.1, 0.15) is 58.2 Å². The molecule has 0 saturated carbocycles. The molecule has 4 aromatic rings. The number of nitrogens with zero attached hydrogens (tertiary/aromatic N) is 1. The molecular weight excluding hydrogens is 432 g/mol. The van der Waals surface area contributed by atoms with Crippen molar-refractivity contribution >= 4 is 49.6 Å². The second kappa shape index (κ2) is 7.39. The van der Waals surface area contributed by atoms with Crippen molar-refractivity contribution in [3.63, 3.8) is 0 Å². The van der Waals surface area contributed by atoms with E-state index in [2.05, 4.69) is 92.8 Å². The van der Waals surface area contributed by atoms with Crippen LogP contribution in [-0.4, -0.2) is 11.2 Å². The summed E-state index contributed by atoms with van der Waals surface area (Å²) >= 11 is 3.49. The summed E-state index contributed by atoms with van der Waals surface area (Å²) in [7, 11) is 0. The van der Waals surface area contributed by atoms with Gasteiger partial charge in [-0.15, -0.1) is 0 Å². The Morgan fingerprint density at radius 2 is 1.40 bits per heavy atom. The maximum Gasteiger partial charge on any atom is 0.0630 e. The second-order valence-electron chi connectivity index (χ2n) is 10.1. The van der Waals surface area contributed by atoms with Crippen LogP contribution in [0.5, 0.6) is 0 Å². The van der Waals surface area contributed by atoms with Gasteiger partial charge in [-0.05, 0) is 70.5 Å². The van der Waals surface area contributed by atoms with Crippen molar-refractivity contribution in [3.05, 3.63) is 75.8 Å². The molecule has 0 spiro atoms. The number of halogens is 1. The van der Waals surface area contributed by atoms with Gasteiger partial charge in [0.05, 0.1) is 11.2 Å². The van der Waals surface area contributed by atoms with Gasteiger partial charge in [-0.25, -0.2) is 0 Å². The van der Waals surface area contributed by atoms with E-state index in [-0.39, 0.29) is 10.8 Å². The van der Waals surface area contributed by atoms with Crippen molar-refractivity contribution in [1.29, 1.82) is 0 Å². The van der Waals surface area contributed by atoms with Gasteiger partial charge < -0.3 is 4.98 Å². The molecule has 3 heteroatoms. The summed E-state index contributed by atoms with van der Waals surface area (Å²) in [5.41, 5.74) is 7.21. The SMILES string of the molecule is CC(C)(C)c1ccc2[nH]c3c(C=Nc4ccc(Br)cc4)cc(C(C)(C)C)cc3c2c1. The van der Waals surface area contributed by atoms with Gasteiger partial charge in [-0.1, -0.05) is 63.5 Å². The molecule has 0 aliphatic heterocycles. The molecule has 30 heavy (non-hydrogen) atoms. The van der Waals surface area contributed by atoms with Gasteiger partial charge >= 0.3 is 0 Å². The van der Waals surface area contributed by atoms with Crippen molar-refractivity contribution < 1.29 is 0 Å². The normalized spacial score (nSPS) is 13.0. The lowest BCUT2D eigenvalue weighted by Crippen LogP contribution is -2.11.